The van der Waals surface area contributed by atoms with Crippen molar-refractivity contribution in [2.24, 2.45) is 0 Å². The predicted molar refractivity (Wildman–Crippen MR) is 152 cm³/mol. The molecule has 0 atom stereocenters. The summed E-state index contributed by atoms with van der Waals surface area (Å²) in [4.78, 5) is 27.5. The smallest absolute Gasteiger partial charge is 0.293 e. The van der Waals surface area contributed by atoms with Gasteiger partial charge in [0.05, 0.1) is 23.6 Å². The lowest BCUT2D eigenvalue weighted by molar-refractivity contribution is -0.123. The zero-order valence-electron chi connectivity index (χ0n) is 19.7. The quantitative estimate of drug-likeness (QED) is 0.203. The first-order chi connectivity index (χ1) is 17.9. The normalized spacial score (nSPS) is 14.6. The Hall–Kier alpha value is -3.26. The highest BCUT2D eigenvalue weighted by molar-refractivity contribution is 9.10. The average Bonchev–Trinajstić information content (AvgIpc) is 3.16. The molecule has 4 aromatic rings. The Morgan fingerprint density at radius 3 is 2.54 bits per heavy atom. The van der Waals surface area contributed by atoms with E-state index in [9.17, 15) is 9.59 Å². The Labute approximate surface area is 232 Å². The van der Waals surface area contributed by atoms with Gasteiger partial charge in [-0.3, -0.25) is 14.5 Å². The molecule has 5 rings (SSSR count). The van der Waals surface area contributed by atoms with Crippen LogP contribution in [-0.4, -0.2) is 23.2 Å². The van der Waals surface area contributed by atoms with E-state index in [0.717, 1.165) is 38.1 Å². The Morgan fingerprint density at radius 2 is 1.76 bits per heavy atom. The van der Waals surface area contributed by atoms with Crippen LogP contribution >= 0.6 is 39.3 Å². The van der Waals surface area contributed by atoms with Crippen LogP contribution < -0.4 is 9.47 Å². The summed E-state index contributed by atoms with van der Waals surface area (Å²) in [7, 11) is 1.53. The van der Waals surface area contributed by atoms with Gasteiger partial charge in [0.15, 0.2) is 11.5 Å². The van der Waals surface area contributed by atoms with Crippen molar-refractivity contribution in [3.8, 4) is 11.5 Å². The number of methoxy groups -OCH3 is 1. The first-order valence-electron chi connectivity index (χ1n) is 11.4. The van der Waals surface area contributed by atoms with Crippen LogP contribution in [-0.2, 0) is 17.9 Å². The Balaban J connectivity index is 1.36. The summed E-state index contributed by atoms with van der Waals surface area (Å²) in [5.41, 5.74) is 2.53. The maximum atomic E-state index is 13.2. The van der Waals surface area contributed by atoms with E-state index in [1.807, 2.05) is 66.7 Å². The fourth-order valence-electron chi connectivity index (χ4n) is 4.09. The monoisotopic (exact) mass is 593 g/mol. The van der Waals surface area contributed by atoms with Crippen molar-refractivity contribution in [3.63, 3.8) is 0 Å². The molecule has 1 aliphatic rings. The molecule has 37 heavy (non-hydrogen) atoms. The molecule has 0 aliphatic carbocycles. The molecule has 4 aromatic carbocycles. The molecular formula is C29H21BrClNO4S. The maximum Gasteiger partial charge on any atom is 0.293 e. The molecule has 0 saturated carbocycles. The number of thioether (sulfide) groups is 1. The minimum Gasteiger partial charge on any atom is -0.493 e. The van der Waals surface area contributed by atoms with Crippen molar-refractivity contribution in [1.29, 1.82) is 0 Å². The molecule has 5 nitrogen and oxygen atoms in total. The third kappa shape index (κ3) is 5.54. The highest BCUT2D eigenvalue weighted by Gasteiger charge is 2.35. The fourth-order valence-corrected chi connectivity index (χ4v) is 5.46. The summed E-state index contributed by atoms with van der Waals surface area (Å²) in [6.07, 6.45) is 1.65. The topological polar surface area (TPSA) is 55.8 Å². The van der Waals surface area contributed by atoms with Crippen molar-refractivity contribution in [3.05, 3.63) is 110 Å². The molecule has 0 N–H and O–H groups in total. The number of rotatable bonds is 7. The van der Waals surface area contributed by atoms with Gasteiger partial charge in [0.25, 0.3) is 11.1 Å². The molecule has 8 heteroatoms. The van der Waals surface area contributed by atoms with Crippen molar-refractivity contribution < 1.29 is 19.1 Å². The molecule has 0 bridgehead atoms. The van der Waals surface area contributed by atoms with E-state index in [0.29, 0.717) is 33.6 Å². The minimum absolute atomic E-state index is 0.205. The van der Waals surface area contributed by atoms with Gasteiger partial charge in [0.1, 0.15) is 6.61 Å². The van der Waals surface area contributed by atoms with Gasteiger partial charge in [0.2, 0.25) is 0 Å². The van der Waals surface area contributed by atoms with E-state index in [2.05, 4.69) is 15.9 Å². The van der Waals surface area contributed by atoms with Gasteiger partial charge in [-0.25, -0.2) is 0 Å². The molecule has 0 unspecified atom stereocenters. The van der Waals surface area contributed by atoms with Crippen LogP contribution in [0.25, 0.3) is 16.8 Å². The first-order valence-corrected chi connectivity index (χ1v) is 13.4. The van der Waals surface area contributed by atoms with Crippen LogP contribution in [0.15, 0.2) is 88.2 Å². The number of ether oxygens (including phenoxy) is 2. The molecular weight excluding hydrogens is 574 g/mol. The number of carbonyl (C=O) groups excluding carboxylic acids is 2. The van der Waals surface area contributed by atoms with Crippen LogP contribution in [0, 0.1) is 0 Å². The fraction of sp³-hybridized carbons (Fsp3) is 0.103. The lowest BCUT2D eigenvalue weighted by Crippen LogP contribution is -2.27. The van der Waals surface area contributed by atoms with Crippen LogP contribution in [0.4, 0.5) is 4.79 Å². The third-order valence-electron chi connectivity index (χ3n) is 5.93. The van der Waals surface area contributed by atoms with E-state index in [4.69, 9.17) is 21.1 Å². The number of amides is 2. The minimum atomic E-state index is -0.339. The summed E-state index contributed by atoms with van der Waals surface area (Å²) >= 11 is 10.9. The van der Waals surface area contributed by atoms with Gasteiger partial charge in [-0.15, -0.1) is 0 Å². The second-order valence-electron chi connectivity index (χ2n) is 8.36. The van der Waals surface area contributed by atoms with Crippen molar-refractivity contribution in [2.75, 3.05) is 7.11 Å². The Morgan fingerprint density at radius 1 is 1.00 bits per heavy atom. The van der Waals surface area contributed by atoms with E-state index < -0.39 is 0 Å². The van der Waals surface area contributed by atoms with Crippen LogP contribution in [0.3, 0.4) is 0 Å². The number of halogens is 2. The van der Waals surface area contributed by atoms with Crippen LogP contribution in [0.5, 0.6) is 11.5 Å². The van der Waals surface area contributed by atoms with E-state index in [1.54, 1.807) is 18.2 Å². The van der Waals surface area contributed by atoms with E-state index in [-0.39, 0.29) is 17.7 Å². The SMILES string of the molecule is COc1cc(/C=C2/SC(=O)N(Cc3cccc4ccccc34)C2=O)cc(Cl)c1OCc1ccc(Br)cc1. The molecule has 0 radical (unpaired) electrons. The molecule has 186 valence electrons. The molecule has 0 spiro atoms. The lowest BCUT2D eigenvalue weighted by Gasteiger charge is -2.14. The summed E-state index contributed by atoms with van der Waals surface area (Å²) in [5, 5.41) is 2.12. The standard InChI is InChI=1S/C29H21BrClNO4S/c1-35-25-14-19(13-24(31)27(25)36-17-18-9-11-22(30)12-10-18)15-26-28(33)32(29(34)37-26)16-21-7-4-6-20-5-2-3-8-23(20)21/h2-15H,16-17H2,1H3/b26-15+. The number of imide groups is 1. The van der Waals surface area contributed by atoms with Crippen molar-refractivity contribution in [2.45, 2.75) is 13.2 Å². The number of fused-ring (bicyclic) bond motifs is 1. The van der Waals surface area contributed by atoms with Gasteiger partial charge in [-0.1, -0.05) is 82.1 Å². The molecule has 0 aromatic heterocycles. The van der Waals surface area contributed by atoms with Gasteiger partial charge in [-0.2, -0.15) is 0 Å². The summed E-state index contributed by atoms with van der Waals surface area (Å²) in [6, 6.07) is 25.0. The van der Waals surface area contributed by atoms with Gasteiger partial charge in [-0.05, 0) is 69.6 Å². The zero-order valence-corrected chi connectivity index (χ0v) is 22.9. The number of nitrogens with zero attached hydrogens (tertiary/aromatic N) is 1. The molecule has 1 fully saturated rings. The Kier molecular flexibility index (Phi) is 7.55. The second-order valence-corrected chi connectivity index (χ2v) is 10.7. The lowest BCUT2D eigenvalue weighted by atomic mass is 10.0. The van der Waals surface area contributed by atoms with E-state index in [1.165, 1.54) is 12.0 Å². The van der Waals surface area contributed by atoms with Gasteiger partial charge >= 0.3 is 0 Å². The highest BCUT2D eigenvalue weighted by Crippen LogP contribution is 2.40. The van der Waals surface area contributed by atoms with Crippen LogP contribution in [0.1, 0.15) is 16.7 Å². The molecule has 1 heterocycles. The number of hydrogen-bond donors (Lipinski definition) is 0. The molecule has 2 amide bonds. The van der Waals surface area contributed by atoms with Gasteiger partial charge in [0, 0.05) is 4.47 Å². The average molecular weight is 595 g/mol. The second kappa shape index (κ2) is 11.0. The van der Waals surface area contributed by atoms with Crippen LogP contribution in [0.2, 0.25) is 5.02 Å². The van der Waals surface area contributed by atoms with Gasteiger partial charge < -0.3 is 9.47 Å². The largest absolute Gasteiger partial charge is 0.493 e. The summed E-state index contributed by atoms with van der Waals surface area (Å²) in [6.45, 7) is 0.520. The predicted octanol–water partition coefficient (Wildman–Crippen LogP) is 8.08. The molecule has 1 aliphatic heterocycles. The van der Waals surface area contributed by atoms with Crippen molar-refractivity contribution in [1.82, 2.24) is 4.90 Å². The summed E-state index contributed by atoms with van der Waals surface area (Å²) in [5.74, 6) is 0.507. The number of carbonyl (C=O) groups is 2. The third-order valence-corrected chi connectivity index (χ3v) is 7.64. The first kappa shape index (κ1) is 25.4. The number of hydrogen-bond acceptors (Lipinski definition) is 5. The zero-order chi connectivity index (χ0) is 25.9. The van der Waals surface area contributed by atoms with E-state index >= 15 is 0 Å². The number of benzene rings is 4. The van der Waals surface area contributed by atoms with Crippen molar-refractivity contribution >= 4 is 67.3 Å². The summed E-state index contributed by atoms with van der Waals surface area (Å²) < 4.78 is 12.4. The molecule has 1 saturated heterocycles. The highest BCUT2D eigenvalue weighted by atomic mass is 79.9. The maximum absolute atomic E-state index is 13.2. The Bertz CT molecular complexity index is 1530.